The van der Waals surface area contributed by atoms with Crippen molar-refractivity contribution < 1.29 is 4.39 Å². The summed E-state index contributed by atoms with van der Waals surface area (Å²) in [5.41, 5.74) is 3.89. The van der Waals surface area contributed by atoms with Gasteiger partial charge >= 0.3 is 0 Å². The number of hydrogen-bond donors (Lipinski definition) is 2. The van der Waals surface area contributed by atoms with Crippen LogP contribution in [0.4, 0.5) is 4.39 Å². The molecule has 0 saturated heterocycles. The lowest BCUT2D eigenvalue weighted by atomic mass is 9.95. The summed E-state index contributed by atoms with van der Waals surface area (Å²) in [6, 6.07) is 6.62. The molecule has 0 aliphatic carbocycles. The standard InChI is InChI=1S/C18H12FN5S/c19-10-2-3-11-13(8-10)14-9-20-7-4-12(14)16-15(11)23-18(24-16)25-17-21-5-1-6-22-17/h1-8,20H,9H2,(H,23,24). The Balaban J connectivity index is 1.78. The molecule has 0 fully saturated rings. The number of nitrogens with zero attached hydrogens (tertiary/aromatic N) is 3. The highest BCUT2D eigenvalue weighted by atomic mass is 32.2. The summed E-state index contributed by atoms with van der Waals surface area (Å²) in [5.74, 6) is -0.244. The molecule has 2 aromatic heterocycles. The highest BCUT2D eigenvalue weighted by Crippen LogP contribution is 2.36. The number of rotatable bonds is 2. The Morgan fingerprint density at radius 3 is 2.88 bits per heavy atom. The molecular weight excluding hydrogens is 337 g/mol. The van der Waals surface area contributed by atoms with Crippen LogP contribution in [0.2, 0.25) is 0 Å². The van der Waals surface area contributed by atoms with Crippen molar-refractivity contribution in [1.29, 1.82) is 0 Å². The highest BCUT2D eigenvalue weighted by molar-refractivity contribution is 7.99. The topological polar surface area (TPSA) is 66.5 Å². The third kappa shape index (κ3) is 2.35. The third-order valence-corrected chi connectivity index (χ3v) is 5.00. The lowest BCUT2D eigenvalue weighted by molar-refractivity contribution is 0.629. The van der Waals surface area contributed by atoms with Crippen molar-refractivity contribution in [2.45, 2.75) is 16.9 Å². The van der Waals surface area contributed by atoms with E-state index >= 15 is 0 Å². The molecule has 3 heterocycles. The van der Waals surface area contributed by atoms with Crippen LogP contribution in [0.5, 0.6) is 0 Å². The van der Waals surface area contributed by atoms with Crippen molar-refractivity contribution >= 4 is 39.6 Å². The van der Waals surface area contributed by atoms with Gasteiger partial charge in [0.05, 0.1) is 11.0 Å². The van der Waals surface area contributed by atoms with E-state index < -0.39 is 0 Å². The molecule has 1 aliphatic rings. The normalized spacial score (nSPS) is 13.2. The molecule has 0 unspecified atom stereocenters. The second-order valence-corrected chi connectivity index (χ2v) is 6.65. The first-order valence-electron chi connectivity index (χ1n) is 7.78. The van der Waals surface area contributed by atoms with Crippen molar-refractivity contribution in [1.82, 2.24) is 25.3 Å². The fourth-order valence-corrected chi connectivity index (χ4v) is 3.85. The van der Waals surface area contributed by atoms with E-state index in [2.05, 4.69) is 20.3 Å². The Kier molecular flexibility index (Phi) is 3.21. The van der Waals surface area contributed by atoms with E-state index in [0.717, 1.165) is 32.9 Å². The number of nitrogens with one attached hydrogen (secondary N) is 2. The van der Waals surface area contributed by atoms with Crippen molar-refractivity contribution in [3.63, 3.8) is 0 Å². The second kappa shape index (κ2) is 5.56. The zero-order valence-corrected chi connectivity index (χ0v) is 13.8. The number of aromatic amines is 1. The molecule has 2 N–H and O–H groups in total. The van der Waals surface area contributed by atoms with E-state index in [4.69, 9.17) is 4.98 Å². The molecule has 1 aliphatic heterocycles. The van der Waals surface area contributed by atoms with Gasteiger partial charge in [-0.05, 0) is 59.3 Å². The maximum absolute atomic E-state index is 13.8. The van der Waals surface area contributed by atoms with Crippen LogP contribution in [0.25, 0.3) is 27.9 Å². The van der Waals surface area contributed by atoms with E-state index in [1.165, 1.54) is 17.8 Å². The third-order valence-electron chi connectivity index (χ3n) is 4.22. The number of fused-ring (bicyclic) bond motifs is 6. The Morgan fingerprint density at radius 2 is 2.00 bits per heavy atom. The Hall–Kier alpha value is -2.93. The Morgan fingerprint density at radius 1 is 1.12 bits per heavy atom. The van der Waals surface area contributed by atoms with Crippen LogP contribution in [0.3, 0.4) is 0 Å². The van der Waals surface area contributed by atoms with Crippen LogP contribution in [-0.4, -0.2) is 19.9 Å². The van der Waals surface area contributed by atoms with Gasteiger partial charge in [-0.2, -0.15) is 0 Å². The molecule has 0 radical (unpaired) electrons. The SMILES string of the molecule is Fc1ccc2c(c1)c1c(c3[nH]c(Sc4ncccn4)nc32)C=CNC1. The fraction of sp³-hybridized carbons (Fsp3) is 0.0556. The van der Waals surface area contributed by atoms with Gasteiger partial charge in [-0.25, -0.2) is 19.3 Å². The van der Waals surface area contributed by atoms with Gasteiger partial charge in [-0.3, -0.25) is 0 Å². The summed E-state index contributed by atoms with van der Waals surface area (Å²) < 4.78 is 13.8. The molecule has 0 atom stereocenters. The minimum Gasteiger partial charge on any atom is -0.387 e. The highest BCUT2D eigenvalue weighted by Gasteiger charge is 2.19. The van der Waals surface area contributed by atoms with Crippen molar-refractivity contribution in [2.75, 3.05) is 0 Å². The summed E-state index contributed by atoms with van der Waals surface area (Å²) in [6.45, 7) is 0.658. The molecule has 5 nitrogen and oxygen atoms in total. The quantitative estimate of drug-likeness (QED) is 0.538. The minimum atomic E-state index is -0.244. The zero-order chi connectivity index (χ0) is 16.8. The van der Waals surface area contributed by atoms with Crippen molar-refractivity contribution in [3.8, 4) is 0 Å². The predicted molar refractivity (Wildman–Crippen MR) is 95.6 cm³/mol. The lowest BCUT2D eigenvalue weighted by Crippen LogP contribution is -2.11. The molecule has 0 amide bonds. The molecule has 5 rings (SSSR count). The first-order valence-corrected chi connectivity index (χ1v) is 8.60. The average molecular weight is 349 g/mol. The number of aromatic nitrogens is 4. The van der Waals surface area contributed by atoms with Crippen LogP contribution < -0.4 is 5.32 Å². The molecule has 4 aromatic rings. The smallest absolute Gasteiger partial charge is 0.195 e. The molecular formula is C18H12FN5S. The van der Waals surface area contributed by atoms with Crippen molar-refractivity contribution in [2.24, 2.45) is 0 Å². The Bertz CT molecular complexity index is 1140. The van der Waals surface area contributed by atoms with Crippen LogP contribution in [0.1, 0.15) is 11.1 Å². The summed E-state index contributed by atoms with van der Waals surface area (Å²) in [7, 11) is 0. The first kappa shape index (κ1) is 14.4. The van der Waals surface area contributed by atoms with Gasteiger partial charge in [0, 0.05) is 29.9 Å². The van der Waals surface area contributed by atoms with Gasteiger partial charge in [0.1, 0.15) is 5.82 Å². The summed E-state index contributed by atoms with van der Waals surface area (Å²) in [4.78, 5) is 16.6. The largest absolute Gasteiger partial charge is 0.387 e. The molecule has 0 saturated carbocycles. The second-order valence-electron chi connectivity index (χ2n) is 5.70. The molecule has 2 aromatic carbocycles. The minimum absolute atomic E-state index is 0.244. The number of hydrogen-bond acceptors (Lipinski definition) is 5. The van der Waals surface area contributed by atoms with Gasteiger partial charge in [-0.15, -0.1) is 0 Å². The zero-order valence-electron chi connectivity index (χ0n) is 13.0. The molecule has 25 heavy (non-hydrogen) atoms. The monoisotopic (exact) mass is 349 g/mol. The maximum atomic E-state index is 13.8. The number of H-pyrrole nitrogens is 1. The van der Waals surface area contributed by atoms with E-state index in [1.807, 2.05) is 12.3 Å². The summed E-state index contributed by atoms with van der Waals surface area (Å²) in [6.07, 6.45) is 7.30. The number of halogens is 1. The summed E-state index contributed by atoms with van der Waals surface area (Å²) in [5, 5.41) is 6.37. The van der Waals surface area contributed by atoms with Crippen LogP contribution in [0, 0.1) is 5.82 Å². The number of benzene rings is 2. The van der Waals surface area contributed by atoms with Crippen LogP contribution in [-0.2, 0) is 6.54 Å². The van der Waals surface area contributed by atoms with Gasteiger partial charge in [-0.1, -0.05) is 0 Å². The van der Waals surface area contributed by atoms with Gasteiger partial charge in [0.2, 0.25) is 0 Å². The van der Waals surface area contributed by atoms with Gasteiger partial charge in [0.15, 0.2) is 10.3 Å². The van der Waals surface area contributed by atoms with E-state index in [1.54, 1.807) is 30.6 Å². The maximum Gasteiger partial charge on any atom is 0.195 e. The molecule has 7 heteroatoms. The van der Waals surface area contributed by atoms with Crippen LogP contribution in [0.15, 0.2) is 53.2 Å². The van der Waals surface area contributed by atoms with E-state index in [9.17, 15) is 4.39 Å². The van der Waals surface area contributed by atoms with E-state index in [0.29, 0.717) is 16.9 Å². The number of imidazole rings is 1. The fourth-order valence-electron chi connectivity index (χ4n) is 3.16. The summed E-state index contributed by atoms with van der Waals surface area (Å²) >= 11 is 1.37. The van der Waals surface area contributed by atoms with E-state index in [-0.39, 0.29) is 5.82 Å². The average Bonchev–Trinajstić information content (AvgIpc) is 3.06. The molecule has 0 bridgehead atoms. The first-order chi connectivity index (χ1) is 12.3. The Labute approximate surface area is 146 Å². The lowest BCUT2D eigenvalue weighted by Gasteiger charge is -2.16. The van der Waals surface area contributed by atoms with Gasteiger partial charge < -0.3 is 10.3 Å². The van der Waals surface area contributed by atoms with Crippen LogP contribution >= 0.6 is 11.8 Å². The van der Waals surface area contributed by atoms with Gasteiger partial charge in [0.25, 0.3) is 0 Å². The van der Waals surface area contributed by atoms with Crippen molar-refractivity contribution in [3.05, 3.63) is 59.8 Å². The predicted octanol–water partition coefficient (Wildman–Crippen LogP) is 3.87. The molecule has 0 spiro atoms. The molecule has 122 valence electrons.